The second-order valence-electron chi connectivity index (χ2n) is 3.95. The zero-order valence-corrected chi connectivity index (χ0v) is 10.4. The van der Waals surface area contributed by atoms with Crippen molar-refractivity contribution in [3.05, 3.63) is 29.8 Å². The van der Waals surface area contributed by atoms with Gasteiger partial charge in [0.25, 0.3) is 5.91 Å². The second kappa shape index (κ2) is 5.92. The molecule has 0 bridgehead atoms. The molecule has 0 aliphatic carbocycles. The van der Waals surface area contributed by atoms with Gasteiger partial charge >= 0.3 is 6.03 Å². The molecular weight excluding hydrogens is 257 g/mol. The second-order valence-corrected chi connectivity index (χ2v) is 3.95. The minimum Gasteiger partial charge on any atom is -0.323 e. The Morgan fingerprint density at radius 3 is 2.60 bits per heavy atom. The summed E-state index contributed by atoms with van der Waals surface area (Å²) < 4.78 is 0. The van der Waals surface area contributed by atoms with Gasteiger partial charge in [-0.25, -0.2) is 4.79 Å². The van der Waals surface area contributed by atoms with E-state index in [1.165, 1.54) is 6.21 Å². The Kier molecular flexibility index (Phi) is 4.04. The van der Waals surface area contributed by atoms with Crippen molar-refractivity contribution in [3.8, 4) is 0 Å². The van der Waals surface area contributed by atoms with Crippen LogP contribution in [0.2, 0.25) is 0 Å². The molecule has 2 rings (SSSR count). The van der Waals surface area contributed by atoms with Gasteiger partial charge in [0.15, 0.2) is 5.71 Å². The third-order valence-electron chi connectivity index (χ3n) is 2.50. The number of aliphatic imine (C=N–C) groups is 2. The molecule has 20 heavy (non-hydrogen) atoms. The van der Waals surface area contributed by atoms with E-state index in [9.17, 15) is 9.59 Å². The average Bonchev–Trinajstić information content (AvgIpc) is 2.76. The van der Waals surface area contributed by atoms with Gasteiger partial charge in [-0.15, -0.1) is 0 Å². The first-order chi connectivity index (χ1) is 9.60. The molecule has 1 aliphatic rings. The van der Waals surface area contributed by atoms with Gasteiger partial charge in [-0.05, 0) is 5.56 Å². The third kappa shape index (κ3) is 3.16. The van der Waals surface area contributed by atoms with E-state index < -0.39 is 11.9 Å². The van der Waals surface area contributed by atoms with Crippen LogP contribution in [0.15, 0.2) is 39.4 Å². The number of hydrogen-bond donors (Lipinski definition) is 2. The predicted octanol–water partition coefficient (Wildman–Crippen LogP) is -0.943. The lowest BCUT2D eigenvalue weighted by atomic mass is 9.95. The fourth-order valence-electron chi connectivity index (χ4n) is 1.53. The van der Waals surface area contributed by atoms with Crippen molar-refractivity contribution in [3.63, 3.8) is 0 Å². The number of imide groups is 1. The smallest absolute Gasteiger partial charge is 0.323 e. The average molecular weight is 267 g/mol. The molecule has 7 nitrogen and oxygen atoms in total. The highest BCUT2D eigenvalue weighted by atomic mass is 16.2. The number of carbonyl (C=O) groups is 2. The van der Waals surface area contributed by atoms with Crippen LogP contribution in [0, 0.1) is 0 Å². The van der Waals surface area contributed by atoms with E-state index in [1.54, 1.807) is 12.1 Å². The molecule has 0 saturated heterocycles. The van der Waals surface area contributed by atoms with Gasteiger partial charge in [0.2, 0.25) is 0 Å². The van der Waals surface area contributed by atoms with Gasteiger partial charge in [-0.2, -0.15) is 10.1 Å². The number of nitrogens with one attached hydrogen (secondary N) is 1. The van der Waals surface area contributed by atoms with Crippen LogP contribution in [0.3, 0.4) is 0 Å². The molecule has 1 aliphatic heterocycles. The first kappa shape index (κ1) is 13.7. The number of rotatable bonds is 4. The molecule has 0 spiro atoms. The fourth-order valence-corrected chi connectivity index (χ4v) is 1.53. The maximum absolute atomic E-state index is 11.4. The summed E-state index contributed by atoms with van der Waals surface area (Å²) in [6.45, 7) is 0.363. The first-order valence-electron chi connectivity index (χ1n) is 5.66. The van der Waals surface area contributed by atoms with Gasteiger partial charge in [0.05, 0.1) is 12.8 Å². The molecule has 0 aromatic heterocycles. The van der Waals surface area contributed by atoms with E-state index in [0.717, 1.165) is 5.56 Å². The van der Waals surface area contributed by atoms with Crippen LogP contribution in [0.1, 0.15) is 5.56 Å². The largest absolute Gasteiger partial charge is 0.348 e. The molecule has 1 aromatic carbocycles. The summed E-state index contributed by atoms with van der Waals surface area (Å²) in [4.78, 5) is 29.9. The van der Waals surface area contributed by atoms with E-state index >= 15 is 0 Å². The molecule has 0 fully saturated rings. The minimum atomic E-state index is -0.738. The Morgan fingerprint density at radius 1 is 1.35 bits per heavy atom. The SMILES string of the molecule is [B]c1ccc(CN=CC(=NN)C2=NC(=O)NC2=O)cc1. The molecule has 0 atom stereocenters. The quantitative estimate of drug-likeness (QED) is 0.318. The summed E-state index contributed by atoms with van der Waals surface area (Å²) in [6.07, 6.45) is 1.30. The minimum absolute atomic E-state index is 0.0452. The monoisotopic (exact) mass is 267 g/mol. The Balaban J connectivity index is 2.06. The molecular formula is C12H10BN5O2. The highest BCUT2D eigenvalue weighted by molar-refractivity contribution is 6.80. The summed E-state index contributed by atoms with van der Waals surface area (Å²) in [6, 6.07) is 6.44. The topological polar surface area (TPSA) is 109 Å². The van der Waals surface area contributed by atoms with Crippen LogP contribution >= 0.6 is 0 Å². The van der Waals surface area contributed by atoms with Gasteiger partial charge in [-0.1, -0.05) is 29.7 Å². The van der Waals surface area contributed by atoms with Crippen molar-refractivity contribution < 1.29 is 9.59 Å². The van der Waals surface area contributed by atoms with Crippen molar-refractivity contribution in [1.29, 1.82) is 0 Å². The van der Waals surface area contributed by atoms with Crippen molar-refractivity contribution in [2.24, 2.45) is 20.9 Å². The van der Waals surface area contributed by atoms with Gasteiger partial charge < -0.3 is 5.84 Å². The number of hydrogen-bond acceptors (Lipinski definition) is 5. The van der Waals surface area contributed by atoms with E-state index in [0.29, 0.717) is 12.0 Å². The van der Waals surface area contributed by atoms with E-state index in [1.807, 2.05) is 17.4 Å². The highest BCUT2D eigenvalue weighted by Crippen LogP contribution is 1.99. The summed E-state index contributed by atoms with van der Waals surface area (Å²) >= 11 is 0. The number of amides is 3. The van der Waals surface area contributed by atoms with Crippen LogP contribution in [-0.4, -0.2) is 37.4 Å². The summed E-state index contributed by atoms with van der Waals surface area (Å²) in [7, 11) is 5.57. The zero-order valence-electron chi connectivity index (χ0n) is 10.4. The van der Waals surface area contributed by atoms with Crippen LogP contribution in [0.5, 0.6) is 0 Å². The summed E-state index contributed by atoms with van der Waals surface area (Å²) in [5, 5.41) is 5.41. The standard InChI is InChI=1S/C12H10BN5O2/c13-8-3-1-7(2-4-8)5-15-6-9(18-14)10-11(19)17-12(20)16-10/h1-4,6H,5,14H2,(H,17,19,20). The van der Waals surface area contributed by atoms with Crippen molar-refractivity contribution >= 4 is 42.9 Å². The van der Waals surface area contributed by atoms with Gasteiger partial charge in [0, 0.05) is 0 Å². The maximum Gasteiger partial charge on any atom is 0.348 e. The molecule has 98 valence electrons. The number of hydrazone groups is 1. The maximum atomic E-state index is 11.4. The zero-order chi connectivity index (χ0) is 14.5. The number of benzene rings is 1. The first-order valence-corrected chi connectivity index (χ1v) is 5.66. The molecule has 2 radical (unpaired) electrons. The number of urea groups is 1. The van der Waals surface area contributed by atoms with E-state index in [-0.39, 0.29) is 11.4 Å². The molecule has 8 heteroatoms. The number of carbonyl (C=O) groups excluding carboxylic acids is 2. The Morgan fingerprint density at radius 2 is 2.05 bits per heavy atom. The van der Waals surface area contributed by atoms with Crippen molar-refractivity contribution in [1.82, 2.24) is 5.32 Å². The van der Waals surface area contributed by atoms with Crippen molar-refractivity contribution in [2.45, 2.75) is 6.54 Å². The third-order valence-corrected chi connectivity index (χ3v) is 2.50. The summed E-state index contributed by atoms with van der Waals surface area (Å²) in [5.41, 5.74) is 1.50. The number of nitrogens with two attached hydrogens (primary N) is 1. The van der Waals surface area contributed by atoms with Crippen molar-refractivity contribution in [2.75, 3.05) is 0 Å². The van der Waals surface area contributed by atoms with Crippen LogP contribution in [0.25, 0.3) is 0 Å². The Labute approximate surface area is 116 Å². The van der Waals surface area contributed by atoms with Crippen LogP contribution in [0.4, 0.5) is 4.79 Å². The van der Waals surface area contributed by atoms with Gasteiger partial charge in [-0.3, -0.25) is 15.1 Å². The normalized spacial score (nSPS) is 15.6. The van der Waals surface area contributed by atoms with E-state index in [2.05, 4.69) is 15.1 Å². The summed E-state index contributed by atoms with van der Waals surface area (Å²) in [5.74, 6) is 4.53. The lowest BCUT2D eigenvalue weighted by Gasteiger charge is -1.98. The predicted molar refractivity (Wildman–Crippen MR) is 76.6 cm³/mol. The van der Waals surface area contributed by atoms with Crippen LogP contribution in [-0.2, 0) is 11.3 Å². The highest BCUT2D eigenvalue weighted by Gasteiger charge is 2.26. The van der Waals surface area contributed by atoms with Gasteiger partial charge in [0.1, 0.15) is 13.6 Å². The van der Waals surface area contributed by atoms with E-state index in [4.69, 9.17) is 13.7 Å². The molecule has 0 unspecified atom stereocenters. The molecule has 3 amide bonds. The lowest BCUT2D eigenvalue weighted by molar-refractivity contribution is -0.113. The molecule has 3 N–H and O–H groups in total. The number of nitrogens with zero attached hydrogens (tertiary/aromatic N) is 3. The molecule has 1 heterocycles. The Bertz CT molecular complexity index is 634. The van der Waals surface area contributed by atoms with Crippen LogP contribution < -0.4 is 16.6 Å². The fraction of sp³-hybridized carbons (Fsp3) is 0.0833. The molecule has 1 aromatic rings. The molecule has 0 saturated carbocycles. The lowest BCUT2D eigenvalue weighted by Crippen LogP contribution is -2.31. The Hall–Kier alpha value is -2.77.